The fraction of sp³-hybridized carbons (Fsp3) is 0.588. The summed E-state index contributed by atoms with van der Waals surface area (Å²) in [6, 6.07) is 10.4. The number of nitrogens with zero attached hydrogens (tertiary/aromatic N) is 1. The molecule has 0 N–H and O–H groups in total. The van der Waals surface area contributed by atoms with Crippen molar-refractivity contribution < 1.29 is 9.47 Å². The number of benzene rings is 1. The SMILES string of the molecule is CC[C@]1(C)C[C@](CC#N)(c2ccccc2OC)CCO1. The van der Waals surface area contributed by atoms with Gasteiger partial charge in [0, 0.05) is 24.0 Å². The highest BCUT2D eigenvalue weighted by molar-refractivity contribution is 5.41. The number of nitriles is 1. The van der Waals surface area contributed by atoms with Crippen molar-refractivity contribution in [3.05, 3.63) is 29.8 Å². The van der Waals surface area contributed by atoms with Gasteiger partial charge in [-0.05, 0) is 32.3 Å². The summed E-state index contributed by atoms with van der Waals surface area (Å²) >= 11 is 0. The lowest BCUT2D eigenvalue weighted by Gasteiger charge is -2.46. The normalized spacial score (nSPS) is 29.7. The number of hydrogen-bond acceptors (Lipinski definition) is 3. The first-order chi connectivity index (χ1) is 9.59. The maximum atomic E-state index is 9.32. The van der Waals surface area contributed by atoms with Crippen molar-refractivity contribution in [2.45, 2.75) is 50.5 Å². The van der Waals surface area contributed by atoms with Gasteiger partial charge in [-0.1, -0.05) is 25.1 Å². The summed E-state index contributed by atoms with van der Waals surface area (Å²) in [5, 5.41) is 9.32. The Morgan fingerprint density at radius 3 is 2.80 bits per heavy atom. The lowest BCUT2D eigenvalue weighted by atomic mass is 9.66. The molecule has 0 aromatic heterocycles. The van der Waals surface area contributed by atoms with Crippen molar-refractivity contribution in [3.8, 4) is 11.8 Å². The fourth-order valence-corrected chi connectivity index (χ4v) is 3.29. The molecule has 1 saturated heterocycles. The van der Waals surface area contributed by atoms with Gasteiger partial charge in [0.25, 0.3) is 0 Å². The Hall–Kier alpha value is -1.53. The highest BCUT2D eigenvalue weighted by Gasteiger charge is 2.44. The Bertz CT molecular complexity index is 508. The Morgan fingerprint density at radius 1 is 1.40 bits per heavy atom. The second-order valence-corrected chi connectivity index (χ2v) is 5.89. The third-order valence-electron chi connectivity index (χ3n) is 4.59. The predicted molar refractivity (Wildman–Crippen MR) is 78.8 cm³/mol. The summed E-state index contributed by atoms with van der Waals surface area (Å²) in [4.78, 5) is 0. The monoisotopic (exact) mass is 273 g/mol. The molecule has 1 fully saturated rings. The third-order valence-corrected chi connectivity index (χ3v) is 4.59. The van der Waals surface area contributed by atoms with Gasteiger partial charge in [0.1, 0.15) is 5.75 Å². The van der Waals surface area contributed by atoms with Crippen LogP contribution in [-0.4, -0.2) is 19.3 Å². The maximum absolute atomic E-state index is 9.32. The number of methoxy groups -OCH3 is 1. The molecule has 20 heavy (non-hydrogen) atoms. The van der Waals surface area contributed by atoms with E-state index >= 15 is 0 Å². The average molecular weight is 273 g/mol. The van der Waals surface area contributed by atoms with Crippen molar-refractivity contribution in [3.63, 3.8) is 0 Å². The minimum Gasteiger partial charge on any atom is -0.496 e. The number of hydrogen-bond donors (Lipinski definition) is 0. The Kier molecular flexibility index (Phi) is 4.35. The van der Waals surface area contributed by atoms with Crippen LogP contribution in [0, 0.1) is 11.3 Å². The lowest BCUT2D eigenvalue weighted by molar-refractivity contribution is -0.0960. The van der Waals surface area contributed by atoms with Crippen LogP contribution in [0.5, 0.6) is 5.75 Å². The van der Waals surface area contributed by atoms with E-state index in [-0.39, 0.29) is 11.0 Å². The molecule has 1 heterocycles. The lowest BCUT2D eigenvalue weighted by Crippen LogP contribution is -2.45. The summed E-state index contributed by atoms with van der Waals surface area (Å²) < 4.78 is 11.5. The van der Waals surface area contributed by atoms with Gasteiger partial charge in [-0.15, -0.1) is 0 Å². The second kappa shape index (κ2) is 5.85. The molecular formula is C17H23NO2. The summed E-state index contributed by atoms with van der Waals surface area (Å²) in [7, 11) is 1.69. The Morgan fingerprint density at radius 2 is 2.15 bits per heavy atom. The van der Waals surface area contributed by atoms with E-state index in [1.54, 1.807) is 7.11 Å². The summed E-state index contributed by atoms with van der Waals surface area (Å²) in [6.07, 6.45) is 3.20. The molecule has 1 aliphatic rings. The largest absolute Gasteiger partial charge is 0.496 e. The van der Waals surface area contributed by atoms with Crippen molar-refractivity contribution >= 4 is 0 Å². The predicted octanol–water partition coefficient (Wildman–Crippen LogP) is 3.83. The van der Waals surface area contributed by atoms with Gasteiger partial charge in [-0.3, -0.25) is 0 Å². The standard InChI is InChI=1S/C17H23NO2/c1-4-16(2)13-17(9-11-18,10-12-20-16)14-7-5-6-8-15(14)19-3/h5-8H,4,9-10,12-13H2,1-3H3/t16-,17-/m1/s1. The molecule has 2 atom stereocenters. The van der Waals surface area contributed by atoms with Crippen LogP contribution in [-0.2, 0) is 10.2 Å². The first-order valence-electron chi connectivity index (χ1n) is 7.23. The molecular weight excluding hydrogens is 250 g/mol. The van der Waals surface area contributed by atoms with Crippen molar-refractivity contribution in [1.29, 1.82) is 5.26 Å². The topological polar surface area (TPSA) is 42.2 Å². The summed E-state index contributed by atoms with van der Waals surface area (Å²) in [6.45, 7) is 4.99. The fourth-order valence-electron chi connectivity index (χ4n) is 3.29. The van der Waals surface area contributed by atoms with Gasteiger partial charge in [-0.2, -0.15) is 5.26 Å². The molecule has 1 aliphatic heterocycles. The molecule has 0 unspecified atom stereocenters. The van der Waals surface area contributed by atoms with Crippen LogP contribution in [0.1, 0.15) is 45.1 Å². The molecule has 3 heteroatoms. The highest BCUT2D eigenvalue weighted by atomic mass is 16.5. The molecule has 0 amide bonds. The zero-order chi connectivity index (χ0) is 14.6. The van der Waals surface area contributed by atoms with E-state index in [1.807, 2.05) is 18.2 Å². The molecule has 108 valence electrons. The molecule has 3 nitrogen and oxygen atoms in total. The van der Waals surface area contributed by atoms with Crippen LogP contribution < -0.4 is 4.74 Å². The van der Waals surface area contributed by atoms with Gasteiger partial charge in [0.2, 0.25) is 0 Å². The molecule has 1 aromatic rings. The molecule has 0 bridgehead atoms. The first kappa shape index (κ1) is 14.9. The Labute approximate surface area is 121 Å². The first-order valence-corrected chi connectivity index (χ1v) is 7.23. The smallest absolute Gasteiger partial charge is 0.122 e. The quantitative estimate of drug-likeness (QED) is 0.837. The van der Waals surface area contributed by atoms with Crippen molar-refractivity contribution in [1.82, 2.24) is 0 Å². The molecule has 0 radical (unpaired) electrons. The highest BCUT2D eigenvalue weighted by Crippen LogP contribution is 2.47. The third kappa shape index (κ3) is 2.66. The number of rotatable bonds is 4. The number of para-hydroxylation sites is 1. The Balaban J connectivity index is 2.47. The van der Waals surface area contributed by atoms with Crippen LogP contribution in [0.25, 0.3) is 0 Å². The maximum Gasteiger partial charge on any atom is 0.122 e. The molecule has 1 aromatic carbocycles. The average Bonchev–Trinajstić information content (AvgIpc) is 2.47. The van der Waals surface area contributed by atoms with Gasteiger partial charge < -0.3 is 9.47 Å². The van der Waals surface area contributed by atoms with Crippen LogP contribution >= 0.6 is 0 Å². The van der Waals surface area contributed by atoms with Crippen LogP contribution in [0.2, 0.25) is 0 Å². The van der Waals surface area contributed by atoms with E-state index in [0.717, 1.165) is 30.6 Å². The van der Waals surface area contributed by atoms with Gasteiger partial charge >= 0.3 is 0 Å². The summed E-state index contributed by atoms with van der Waals surface area (Å²) in [5.41, 5.74) is 0.826. The zero-order valence-electron chi connectivity index (χ0n) is 12.6. The minimum absolute atomic E-state index is 0.157. The van der Waals surface area contributed by atoms with Crippen LogP contribution in [0.3, 0.4) is 0 Å². The van der Waals surface area contributed by atoms with E-state index in [1.165, 1.54) is 0 Å². The van der Waals surface area contributed by atoms with Gasteiger partial charge in [0.15, 0.2) is 0 Å². The van der Waals surface area contributed by atoms with E-state index in [0.29, 0.717) is 13.0 Å². The van der Waals surface area contributed by atoms with Crippen molar-refractivity contribution in [2.75, 3.05) is 13.7 Å². The van der Waals surface area contributed by atoms with Crippen LogP contribution in [0.15, 0.2) is 24.3 Å². The van der Waals surface area contributed by atoms with E-state index in [9.17, 15) is 5.26 Å². The van der Waals surface area contributed by atoms with Gasteiger partial charge in [-0.25, -0.2) is 0 Å². The van der Waals surface area contributed by atoms with Gasteiger partial charge in [0.05, 0.1) is 18.8 Å². The second-order valence-electron chi connectivity index (χ2n) is 5.89. The molecule has 0 saturated carbocycles. The van der Waals surface area contributed by atoms with E-state index in [2.05, 4.69) is 26.0 Å². The minimum atomic E-state index is -0.162. The van der Waals surface area contributed by atoms with E-state index < -0.39 is 0 Å². The van der Waals surface area contributed by atoms with Crippen LogP contribution in [0.4, 0.5) is 0 Å². The summed E-state index contributed by atoms with van der Waals surface area (Å²) in [5.74, 6) is 0.878. The van der Waals surface area contributed by atoms with E-state index in [4.69, 9.17) is 9.47 Å². The number of ether oxygens (including phenoxy) is 2. The molecule has 0 aliphatic carbocycles. The van der Waals surface area contributed by atoms with Crippen molar-refractivity contribution in [2.24, 2.45) is 0 Å². The molecule has 2 rings (SSSR count). The zero-order valence-corrected chi connectivity index (χ0v) is 12.6. The molecule has 0 spiro atoms.